The van der Waals surface area contributed by atoms with E-state index >= 15 is 0 Å². The topological polar surface area (TPSA) is 64.9 Å². The number of nitriles is 1. The second-order valence-electron chi connectivity index (χ2n) is 5.04. The number of fused-ring (bicyclic) bond motifs is 1. The number of rotatable bonds is 3. The van der Waals surface area contributed by atoms with Crippen molar-refractivity contribution in [3.8, 4) is 6.07 Å². The summed E-state index contributed by atoms with van der Waals surface area (Å²) in [4.78, 5) is 11.3. The minimum Gasteiger partial charge on any atom is -0.381 e. The molecule has 0 atom stereocenters. The van der Waals surface area contributed by atoms with Crippen molar-refractivity contribution in [3.05, 3.63) is 59.2 Å². The Labute approximate surface area is 123 Å². The van der Waals surface area contributed by atoms with Crippen molar-refractivity contribution in [2.24, 2.45) is 0 Å². The predicted molar refractivity (Wildman–Crippen MR) is 81.9 cm³/mol. The molecular weight excluding hydrogens is 262 g/mol. The Balaban J connectivity index is 1.74. The van der Waals surface area contributed by atoms with Gasteiger partial charge in [-0.1, -0.05) is 18.2 Å². The fourth-order valence-electron chi connectivity index (χ4n) is 2.47. The standard InChI is InChI=1S/C17H15N3O/c18-10-13-3-1-2-4-14(13)11-19-15-6-7-16-12(9-15)5-8-17(21)20-16/h1-4,6-7,9,19H,5,8,11H2,(H,20,21). The molecule has 1 heterocycles. The monoisotopic (exact) mass is 277 g/mol. The van der Waals surface area contributed by atoms with E-state index in [9.17, 15) is 4.79 Å². The first kappa shape index (κ1) is 13.2. The number of hydrogen-bond acceptors (Lipinski definition) is 3. The van der Waals surface area contributed by atoms with Gasteiger partial charge >= 0.3 is 0 Å². The molecule has 2 aromatic carbocycles. The fraction of sp³-hybridized carbons (Fsp3) is 0.176. The van der Waals surface area contributed by atoms with Gasteiger partial charge in [-0.15, -0.1) is 0 Å². The van der Waals surface area contributed by atoms with Crippen molar-refractivity contribution in [1.29, 1.82) is 5.26 Å². The predicted octanol–water partition coefficient (Wildman–Crippen LogP) is 3.06. The lowest BCUT2D eigenvalue weighted by molar-refractivity contribution is -0.116. The first-order chi connectivity index (χ1) is 10.3. The second-order valence-corrected chi connectivity index (χ2v) is 5.04. The van der Waals surface area contributed by atoms with Crippen molar-refractivity contribution in [3.63, 3.8) is 0 Å². The summed E-state index contributed by atoms with van der Waals surface area (Å²) in [5, 5.41) is 15.3. The average Bonchev–Trinajstić information content (AvgIpc) is 2.53. The molecule has 0 spiro atoms. The minimum absolute atomic E-state index is 0.0751. The van der Waals surface area contributed by atoms with Gasteiger partial charge in [-0.05, 0) is 41.8 Å². The molecule has 0 aromatic heterocycles. The molecule has 0 bridgehead atoms. The van der Waals surface area contributed by atoms with Gasteiger partial charge in [0.25, 0.3) is 0 Å². The lowest BCUT2D eigenvalue weighted by Gasteiger charge is -2.18. The molecule has 2 aromatic rings. The van der Waals surface area contributed by atoms with Gasteiger partial charge in [0.15, 0.2) is 0 Å². The molecule has 1 amide bonds. The number of hydrogen-bond donors (Lipinski definition) is 2. The van der Waals surface area contributed by atoms with Gasteiger partial charge in [-0.25, -0.2) is 0 Å². The zero-order chi connectivity index (χ0) is 14.7. The van der Waals surface area contributed by atoms with Crippen LogP contribution in [0.25, 0.3) is 0 Å². The molecule has 0 unspecified atom stereocenters. The maximum Gasteiger partial charge on any atom is 0.224 e. The molecule has 1 aliphatic heterocycles. The number of aryl methyl sites for hydroxylation is 1. The Morgan fingerprint density at radius 2 is 2.05 bits per heavy atom. The Morgan fingerprint density at radius 1 is 1.19 bits per heavy atom. The number of nitrogens with one attached hydrogen (secondary N) is 2. The van der Waals surface area contributed by atoms with E-state index in [4.69, 9.17) is 5.26 Å². The largest absolute Gasteiger partial charge is 0.381 e. The number of benzene rings is 2. The molecule has 0 saturated carbocycles. The van der Waals surface area contributed by atoms with Crippen molar-refractivity contribution >= 4 is 17.3 Å². The van der Waals surface area contributed by atoms with Crippen LogP contribution < -0.4 is 10.6 Å². The van der Waals surface area contributed by atoms with Crippen molar-refractivity contribution in [2.75, 3.05) is 10.6 Å². The Bertz CT molecular complexity index is 731. The van der Waals surface area contributed by atoms with Gasteiger partial charge in [0, 0.05) is 24.3 Å². The van der Waals surface area contributed by atoms with Gasteiger partial charge < -0.3 is 10.6 Å². The van der Waals surface area contributed by atoms with Gasteiger partial charge in [0.1, 0.15) is 0 Å². The van der Waals surface area contributed by atoms with E-state index in [0.717, 1.165) is 28.9 Å². The van der Waals surface area contributed by atoms with E-state index < -0.39 is 0 Å². The lowest BCUT2D eigenvalue weighted by Crippen LogP contribution is -2.19. The third-order valence-electron chi connectivity index (χ3n) is 3.62. The molecule has 2 N–H and O–H groups in total. The third-order valence-corrected chi connectivity index (χ3v) is 3.62. The maximum absolute atomic E-state index is 11.3. The normalized spacial score (nSPS) is 13.0. The van der Waals surface area contributed by atoms with Crippen LogP contribution in [0.2, 0.25) is 0 Å². The quantitative estimate of drug-likeness (QED) is 0.906. The highest BCUT2D eigenvalue weighted by Crippen LogP contribution is 2.26. The van der Waals surface area contributed by atoms with E-state index in [0.29, 0.717) is 18.5 Å². The van der Waals surface area contributed by atoms with E-state index in [1.165, 1.54) is 0 Å². The van der Waals surface area contributed by atoms with Crippen molar-refractivity contribution < 1.29 is 4.79 Å². The van der Waals surface area contributed by atoms with Crippen LogP contribution in [-0.2, 0) is 17.8 Å². The van der Waals surface area contributed by atoms with Crippen molar-refractivity contribution in [2.45, 2.75) is 19.4 Å². The SMILES string of the molecule is N#Cc1ccccc1CNc1ccc2c(c1)CCC(=O)N2. The smallest absolute Gasteiger partial charge is 0.224 e. The molecule has 0 fully saturated rings. The highest BCUT2D eigenvalue weighted by Gasteiger charge is 2.14. The molecule has 4 heteroatoms. The van der Waals surface area contributed by atoms with Crippen LogP contribution in [0.3, 0.4) is 0 Å². The second kappa shape index (κ2) is 5.68. The molecule has 21 heavy (non-hydrogen) atoms. The zero-order valence-corrected chi connectivity index (χ0v) is 11.5. The first-order valence-electron chi connectivity index (χ1n) is 6.91. The summed E-state index contributed by atoms with van der Waals surface area (Å²) in [7, 11) is 0. The highest BCUT2D eigenvalue weighted by molar-refractivity contribution is 5.94. The van der Waals surface area contributed by atoms with Crippen molar-refractivity contribution in [1.82, 2.24) is 0 Å². The van der Waals surface area contributed by atoms with Crippen LogP contribution in [0.15, 0.2) is 42.5 Å². The maximum atomic E-state index is 11.3. The van der Waals surface area contributed by atoms with E-state index in [1.807, 2.05) is 36.4 Å². The Hall–Kier alpha value is -2.80. The van der Waals surface area contributed by atoms with Crippen LogP contribution in [0.5, 0.6) is 0 Å². The summed E-state index contributed by atoms with van der Waals surface area (Å²) >= 11 is 0. The van der Waals surface area contributed by atoms with Crippen LogP contribution in [-0.4, -0.2) is 5.91 Å². The molecule has 3 rings (SSSR count). The molecule has 0 aliphatic carbocycles. The summed E-state index contributed by atoms with van der Waals surface area (Å²) in [6, 6.07) is 15.7. The number of carbonyl (C=O) groups is 1. The fourth-order valence-corrected chi connectivity index (χ4v) is 2.47. The summed E-state index contributed by atoms with van der Waals surface area (Å²) in [5.41, 5.74) is 4.71. The minimum atomic E-state index is 0.0751. The highest BCUT2D eigenvalue weighted by atomic mass is 16.1. The van der Waals surface area contributed by atoms with Gasteiger partial charge in [-0.3, -0.25) is 4.79 Å². The summed E-state index contributed by atoms with van der Waals surface area (Å²) in [5.74, 6) is 0.0751. The third kappa shape index (κ3) is 2.87. The van der Waals surface area contributed by atoms with E-state index in [-0.39, 0.29) is 5.91 Å². The Kier molecular flexibility index (Phi) is 3.57. The molecule has 0 saturated heterocycles. The van der Waals surface area contributed by atoms with Crippen LogP contribution in [0.1, 0.15) is 23.1 Å². The van der Waals surface area contributed by atoms with Crippen LogP contribution in [0, 0.1) is 11.3 Å². The number of amides is 1. The molecule has 4 nitrogen and oxygen atoms in total. The number of nitrogens with zero attached hydrogens (tertiary/aromatic N) is 1. The van der Waals surface area contributed by atoms with Gasteiger partial charge in [0.05, 0.1) is 11.6 Å². The van der Waals surface area contributed by atoms with E-state index in [1.54, 1.807) is 0 Å². The average molecular weight is 277 g/mol. The Morgan fingerprint density at radius 3 is 2.90 bits per heavy atom. The van der Waals surface area contributed by atoms with Crippen LogP contribution >= 0.6 is 0 Å². The molecular formula is C17H15N3O. The van der Waals surface area contributed by atoms with Crippen LogP contribution in [0.4, 0.5) is 11.4 Å². The first-order valence-corrected chi connectivity index (χ1v) is 6.91. The molecule has 104 valence electrons. The van der Waals surface area contributed by atoms with E-state index in [2.05, 4.69) is 22.8 Å². The molecule has 0 radical (unpaired) electrons. The zero-order valence-electron chi connectivity index (χ0n) is 11.5. The number of carbonyl (C=O) groups excluding carboxylic acids is 1. The molecule has 1 aliphatic rings. The van der Waals surface area contributed by atoms with Gasteiger partial charge in [-0.2, -0.15) is 5.26 Å². The summed E-state index contributed by atoms with van der Waals surface area (Å²) in [6.07, 6.45) is 1.30. The van der Waals surface area contributed by atoms with Gasteiger partial charge in [0.2, 0.25) is 5.91 Å². The number of anilines is 2. The lowest BCUT2D eigenvalue weighted by atomic mass is 10.0. The summed E-state index contributed by atoms with van der Waals surface area (Å²) < 4.78 is 0. The summed E-state index contributed by atoms with van der Waals surface area (Å²) in [6.45, 7) is 0.606.